The van der Waals surface area contributed by atoms with Gasteiger partial charge in [-0.15, -0.1) is 0 Å². The highest BCUT2D eigenvalue weighted by Gasteiger charge is 2.13. The van der Waals surface area contributed by atoms with Crippen molar-refractivity contribution < 1.29 is 9.53 Å². The largest absolute Gasteiger partial charge is 0.495 e. The molecule has 0 spiro atoms. The Morgan fingerprint density at radius 2 is 1.66 bits per heavy atom. The van der Waals surface area contributed by atoms with Crippen molar-refractivity contribution in [1.29, 1.82) is 0 Å². The van der Waals surface area contributed by atoms with Gasteiger partial charge >= 0.3 is 11.1 Å². The Balaban J connectivity index is 1.90. The van der Waals surface area contributed by atoms with Crippen molar-refractivity contribution in [2.45, 2.75) is 27.3 Å². The molecule has 0 aliphatic carbocycles. The van der Waals surface area contributed by atoms with Gasteiger partial charge in [-0.2, -0.15) is 0 Å². The van der Waals surface area contributed by atoms with Crippen LogP contribution in [-0.2, 0) is 11.3 Å². The van der Waals surface area contributed by atoms with Crippen LogP contribution in [0.15, 0.2) is 58.4 Å². The molecule has 1 amide bonds. The molecule has 1 aromatic heterocycles. The summed E-state index contributed by atoms with van der Waals surface area (Å²) in [5, 5.41) is 2.79. The summed E-state index contributed by atoms with van der Waals surface area (Å²) in [4.78, 5) is 37.6. The number of carbonyl (C=O) groups excluding carboxylic acids is 1. The van der Waals surface area contributed by atoms with E-state index in [1.165, 1.54) is 24.1 Å². The molecule has 0 radical (unpaired) electrons. The highest BCUT2D eigenvalue weighted by atomic mass is 16.5. The van der Waals surface area contributed by atoms with Gasteiger partial charge in [-0.3, -0.25) is 23.5 Å². The molecule has 0 unspecified atom stereocenters. The number of hydrogen-bond acceptors (Lipinski definition) is 4. The standard InChI is InChI=1S/C22H23N3O4/c1-14-5-7-16(3)17(11-14)23-20(26)13-24-9-10-25(22(28)21(24)27)18-12-15(2)6-8-19(18)29-4/h5-12H,13H2,1-4H3,(H,23,26). The van der Waals surface area contributed by atoms with E-state index < -0.39 is 11.1 Å². The number of carbonyl (C=O) groups is 1. The molecule has 150 valence electrons. The molecule has 0 saturated heterocycles. The fraction of sp³-hybridized carbons (Fsp3) is 0.227. The third-order valence-electron chi connectivity index (χ3n) is 4.63. The monoisotopic (exact) mass is 393 g/mol. The number of aryl methyl sites for hydroxylation is 3. The van der Waals surface area contributed by atoms with Crippen LogP contribution >= 0.6 is 0 Å². The summed E-state index contributed by atoms with van der Waals surface area (Å²) >= 11 is 0. The fourth-order valence-electron chi connectivity index (χ4n) is 3.03. The number of rotatable bonds is 5. The van der Waals surface area contributed by atoms with Crippen molar-refractivity contribution in [1.82, 2.24) is 9.13 Å². The number of ether oxygens (including phenoxy) is 1. The molecule has 7 nitrogen and oxygen atoms in total. The van der Waals surface area contributed by atoms with Crippen LogP contribution in [0.25, 0.3) is 5.69 Å². The van der Waals surface area contributed by atoms with E-state index in [4.69, 9.17) is 4.74 Å². The minimum Gasteiger partial charge on any atom is -0.495 e. The first-order chi connectivity index (χ1) is 13.8. The number of methoxy groups -OCH3 is 1. The van der Waals surface area contributed by atoms with Gasteiger partial charge in [0.25, 0.3) is 0 Å². The Morgan fingerprint density at radius 1 is 0.966 bits per heavy atom. The van der Waals surface area contributed by atoms with Crippen molar-refractivity contribution in [3.63, 3.8) is 0 Å². The zero-order valence-corrected chi connectivity index (χ0v) is 16.9. The second-order valence-electron chi connectivity index (χ2n) is 6.95. The fourth-order valence-corrected chi connectivity index (χ4v) is 3.03. The molecule has 0 aliphatic rings. The average Bonchev–Trinajstić information content (AvgIpc) is 2.68. The molecule has 1 N–H and O–H groups in total. The lowest BCUT2D eigenvalue weighted by atomic mass is 10.1. The number of nitrogens with zero attached hydrogens (tertiary/aromatic N) is 2. The lowest BCUT2D eigenvalue weighted by Crippen LogP contribution is -2.41. The van der Waals surface area contributed by atoms with Gasteiger partial charge in [0.2, 0.25) is 5.91 Å². The average molecular weight is 393 g/mol. The molecular formula is C22H23N3O4. The highest BCUT2D eigenvalue weighted by Crippen LogP contribution is 2.22. The quantitative estimate of drug-likeness (QED) is 0.676. The Hall–Kier alpha value is -3.61. The molecule has 0 atom stereocenters. The summed E-state index contributed by atoms with van der Waals surface area (Å²) in [6.07, 6.45) is 2.89. The number of benzene rings is 2. The Kier molecular flexibility index (Phi) is 5.68. The smallest absolute Gasteiger partial charge is 0.321 e. The van der Waals surface area contributed by atoms with Crippen molar-refractivity contribution in [3.05, 3.63) is 86.2 Å². The summed E-state index contributed by atoms with van der Waals surface area (Å²) in [5.41, 5.74) is 2.46. The van der Waals surface area contributed by atoms with E-state index in [9.17, 15) is 14.4 Å². The maximum Gasteiger partial charge on any atom is 0.321 e. The van der Waals surface area contributed by atoms with E-state index in [1.54, 1.807) is 12.1 Å². The van der Waals surface area contributed by atoms with E-state index in [-0.39, 0.29) is 12.5 Å². The maximum atomic E-state index is 12.7. The van der Waals surface area contributed by atoms with Crippen molar-refractivity contribution in [3.8, 4) is 11.4 Å². The molecule has 0 aliphatic heterocycles. The van der Waals surface area contributed by atoms with Crippen LogP contribution in [0.5, 0.6) is 5.75 Å². The number of hydrogen-bond donors (Lipinski definition) is 1. The van der Waals surface area contributed by atoms with Gasteiger partial charge in [0.05, 0.1) is 12.8 Å². The molecule has 1 heterocycles. The van der Waals surface area contributed by atoms with Gasteiger partial charge < -0.3 is 10.1 Å². The van der Waals surface area contributed by atoms with Crippen LogP contribution in [0, 0.1) is 20.8 Å². The van der Waals surface area contributed by atoms with Gasteiger partial charge in [-0.05, 0) is 55.7 Å². The minimum absolute atomic E-state index is 0.257. The number of anilines is 1. The van der Waals surface area contributed by atoms with Gasteiger partial charge in [0, 0.05) is 18.1 Å². The van der Waals surface area contributed by atoms with E-state index in [0.717, 1.165) is 21.3 Å². The van der Waals surface area contributed by atoms with Crippen LogP contribution in [0.4, 0.5) is 5.69 Å². The zero-order valence-electron chi connectivity index (χ0n) is 16.9. The molecular weight excluding hydrogens is 370 g/mol. The van der Waals surface area contributed by atoms with Crippen molar-refractivity contribution in [2.75, 3.05) is 12.4 Å². The number of nitrogens with one attached hydrogen (secondary N) is 1. The SMILES string of the molecule is COc1ccc(C)cc1-n1ccn(CC(=O)Nc2cc(C)ccc2C)c(=O)c1=O. The summed E-state index contributed by atoms with van der Waals surface area (Å²) in [6, 6.07) is 11.1. The lowest BCUT2D eigenvalue weighted by Gasteiger charge is -2.13. The summed E-state index contributed by atoms with van der Waals surface area (Å²) in [6.45, 7) is 5.44. The molecule has 0 saturated carbocycles. The van der Waals surface area contributed by atoms with Gasteiger partial charge in [0.15, 0.2) is 0 Å². The van der Waals surface area contributed by atoms with Gasteiger partial charge in [0.1, 0.15) is 12.3 Å². The van der Waals surface area contributed by atoms with Crippen LogP contribution in [0.1, 0.15) is 16.7 Å². The first-order valence-electron chi connectivity index (χ1n) is 9.14. The lowest BCUT2D eigenvalue weighted by molar-refractivity contribution is -0.116. The Morgan fingerprint density at radius 3 is 2.38 bits per heavy atom. The first-order valence-corrected chi connectivity index (χ1v) is 9.14. The summed E-state index contributed by atoms with van der Waals surface area (Å²) < 4.78 is 7.63. The molecule has 0 bridgehead atoms. The maximum absolute atomic E-state index is 12.7. The van der Waals surface area contributed by atoms with Crippen LogP contribution in [-0.4, -0.2) is 22.2 Å². The predicted octanol–water partition coefficient (Wildman–Crippen LogP) is 2.57. The second kappa shape index (κ2) is 8.18. The van der Waals surface area contributed by atoms with Crippen LogP contribution in [0.2, 0.25) is 0 Å². The van der Waals surface area contributed by atoms with Gasteiger partial charge in [-0.1, -0.05) is 18.2 Å². The minimum atomic E-state index is -0.785. The van der Waals surface area contributed by atoms with Crippen molar-refractivity contribution >= 4 is 11.6 Å². The third kappa shape index (κ3) is 4.29. The molecule has 7 heteroatoms. The Labute approximate surface area is 168 Å². The van der Waals surface area contributed by atoms with E-state index in [1.807, 2.05) is 45.0 Å². The van der Waals surface area contributed by atoms with E-state index in [0.29, 0.717) is 17.1 Å². The predicted molar refractivity (Wildman–Crippen MR) is 112 cm³/mol. The number of aromatic nitrogens is 2. The second-order valence-corrected chi connectivity index (χ2v) is 6.95. The summed E-state index contributed by atoms with van der Waals surface area (Å²) in [5.74, 6) is 0.0913. The highest BCUT2D eigenvalue weighted by molar-refractivity contribution is 5.91. The number of amides is 1. The van der Waals surface area contributed by atoms with Crippen LogP contribution in [0.3, 0.4) is 0 Å². The van der Waals surface area contributed by atoms with E-state index in [2.05, 4.69) is 5.32 Å². The molecule has 3 aromatic rings. The summed E-state index contributed by atoms with van der Waals surface area (Å²) in [7, 11) is 1.50. The third-order valence-corrected chi connectivity index (χ3v) is 4.63. The van der Waals surface area contributed by atoms with E-state index >= 15 is 0 Å². The van der Waals surface area contributed by atoms with Crippen molar-refractivity contribution in [2.24, 2.45) is 0 Å². The topological polar surface area (TPSA) is 82.3 Å². The first kappa shape index (κ1) is 20.1. The molecule has 2 aromatic carbocycles. The molecule has 0 fully saturated rings. The normalized spacial score (nSPS) is 10.6. The Bertz CT molecular complexity index is 1190. The zero-order chi connectivity index (χ0) is 21.1. The molecule has 3 rings (SSSR count). The van der Waals surface area contributed by atoms with Gasteiger partial charge in [-0.25, -0.2) is 0 Å². The molecule has 29 heavy (non-hydrogen) atoms. The van der Waals surface area contributed by atoms with Crippen LogP contribution < -0.4 is 21.2 Å².